The van der Waals surface area contributed by atoms with Crippen LogP contribution in [0.4, 0.5) is 0 Å². The Labute approximate surface area is 185 Å². The fourth-order valence-corrected chi connectivity index (χ4v) is 3.24. The van der Waals surface area contributed by atoms with Crippen LogP contribution in [-0.4, -0.2) is 19.1 Å². The minimum absolute atomic E-state index is 0.0721. The van der Waals surface area contributed by atoms with Gasteiger partial charge in [0.25, 0.3) is 5.91 Å². The third kappa shape index (κ3) is 6.61. The first kappa shape index (κ1) is 22.4. The zero-order valence-corrected chi connectivity index (χ0v) is 18.6. The Hall–Kier alpha value is -3.27. The maximum atomic E-state index is 12.5. The van der Waals surface area contributed by atoms with Crippen molar-refractivity contribution in [1.29, 1.82) is 0 Å². The molecule has 0 saturated heterocycles. The van der Waals surface area contributed by atoms with Crippen LogP contribution in [0.3, 0.4) is 0 Å². The number of hydrogen-bond acceptors (Lipinski definition) is 3. The second-order valence-corrected chi connectivity index (χ2v) is 7.87. The lowest BCUT2D eigenvalue weighted by atomic mass is 10.1. The molecular weight excluding hydrogens is 386 g/mol. The summed E-state index contributed by atoms with van der Waals surface area (Å²) in [5, 5.41) is 2.98. The highest BCUT2D eigenvalue weighted by molar-refractivity contribution is 5.94. The van der Waals surface area contributed by atoms with Crippen LogP contribution in [0.15, 0.2) is 72.8 Å². The lowest BCUT2D eigenvalue weighted by Gasteiger charge is -2.14. The second-order valence-electron chi connectivity index (χ2n) is 7.87. The van der Waals surface area contributed by atoms with E-state index in [1.165, 1.54) is 5.56 Å². The maximum Gasteiger partial charge on any atom is 0.251 e. The number of nitrogens with one attached hydrogen (secondary N) is 1. The summed E-state index contributed by atoms with van der Waals surface area (Å²) in [6.07, 6.45) is 0.956. The van der Waals surface area contributed by atoms with Crippen LogP contribution in [0.2, 0.25) is 0 Å². The summed E-state index contributed by atoms with van der Waals surface area (Å²) in [7, 11) is 0. The van der Waals surface area contributed by atoms with Gasteiger partial charge in [0, 0.05) is 17.7 Å². The van der Waals surface area contributed by atoms with Crippen molar-refractivity contribution in [2.75, 3.05) is 13.2 Å². The van der Waals surface area contributed by atoms with Crippen molar-refractivity contribution in [3.63, 3.8) is 0 Å². The lowest BCUT2D eigenvalue weighted by molar-refractivity contribution is 0.0952. The van der Waals surface area contributed by atoms with Gasteiger partial charge in [0.05, 0.1) is 6.61 Å². The van der Waals surface area contributed by atoms with Gasteiger partial charge in [0.2, 0.25) is 0 Å². The number of hydrogen-bond donors (Lipinski definition) is 1. The third-order valence-corrected chi connectivity index (χ3v) is 4.99. The molecule has 1 N–H and O–H groups in total. The van der Waals surface area contributed by atoms with E-state index in [4.69, 9.17) is 9.47 Å². The molecule has 3 rings (SSSR count). The van der Waals surface area contributed by atoms with Crippen molar-refractivity contribution in [3.8, 4) is 22.6 Å². The molecule has 0 radical (unpaired) electrons. The Kier molecular flexibility index (Phi) is 8.11. The van der Waals surface area contributed by atoms with Gasteiger partial charge in [0.1, 0.15) is 18.1 Å². The number of rotatable bonds is 10. The number of amides is 1. The van der Waals surface area contributed by atoms with Crippen LogP contribution >= 0.6 is 0 Å². The molecule has 4 heteroatoms. The average molecular weight is 418 g/mol. The van der Waals surface area contributed by atoms with E-state index >= 15 is 0 Å². The van der Waals surface area contributed by atoms with Gasteiger partial charge in [0.15, 0.2) is 0 Å². The van der Waals surface area contributed by atoms with Crippen LogP contribution in [0.5, 0.6) is 11.5 Å². The van der Waals surface area contributed by atoms with Gasteiger partial charge < -0.3 is 14.8 Å². The molecule has 0 saturated carbocycles. The molecule has 3 aromatic rings. The van der Waals surface area contributed by atoms with Crippen LogP contribution < -0.4 is 14.8 Å². The molecule has 0 bridgehead atoms. The highest BCUT2D eigenvalue weighted by atomic mass is 16.5. The van der Waals surface area contributed by atoms with Crippen molar-refractivity contribution in [2.45, 2.75) is 33.8 Å². The first-order valence-corrected chi connectivity index (χ1v) is 10.9. The SMILES string of the molecule is CCOc1ccc(C(=O)NCCC(C)C)cc1COc1ccc(-c2ccccc2)cc1. The Morgan fingerprint density at radius 2 is 1.61 bits per heavy atom. The molecule has 0 heterocycles. The molecule has 3 aromatic carbocycles. The van der Waals surface area contributed by atoms with E-state index in [0.29, 0.717) is 31.2 Å². The fourth-order valence-electron chi connectivity index (χ4n) is 3.24. The normalized spacial score (nSPS) is 10.7. The molecule has 0 unspecified atom stereocenters. The Morgan fingerprint density at radius 1 is 0.903 bits per heavy atom. The van der Waals surface area contributed by atoms with Gasteiger partial charge in [-0.2, -0.15) is 0 Å². The molecule has 0 aromatic heterocycles. The Bertz CT molecular complexity index is 966. The van der Waals surface area contributed by atoms with Crippen molar-refractivity contribution in [3.05, 3.63) is 83.9 Å². The first-order valence-electron chi connectivity index (χ1n) is 10.9. The number of ether oxygens (including phenoxy) is 2. The first-order chi connectivity index (χ1) is 15.1. The summed E-state index contributed by atoms with van der Waals surface area (Å²) < 4.78 is 11.7. The lowest BCUT2D eigenvalue weighted by Crippen LogP contribution is -2.25. The monoisotopic (exact) mass is 417 g/mol. The summed E-state index contributed by atoms with van der Waals surface area (Å²) in [5.74, 6) is 1.99. The average Bonchev–Trinajstić information content (AvgIpc) is 2.79. The predicted octanol–water partition coefficient (Wildman–Crippen LogP) is 6.11. The third-order valence-electron chi connectivity index (χ3n) is 4.99. The van der Waals surface area contributed by atoms with Crippen LogP contribution in [-0.2, 0) is 6.61 Å². The molecule has 4 nitrogen and oxygen atoms in total. The van der Waals surface area contributed by atoms with Crippen LogP contribution in [0, 0.1) is 5.92 Å². The van der Waals surface area contributed by atoms with Gasteiger partial charge in [-0.15, -0.1) is 0 Å². The topological polar surface area (TPSA) is 47.6 Å². The summed E-state index contributed by atoms with van der Waals surface area (Å²) in [5.41, 5.74) is 3.78. The van der Waals surface area contributed by atoms with Crippen molar-refractivity contribution in [2.24, 2.45) is 5.92 Å². The maximum absolute atomic E-state index is 12.5. The standard InChI is InChI=1S/C27H31NO3/c1-4-30-26-15-12-23(27(29)28-17-16-20(2)3)18-24(26)19-31-25-13-10-22(11-14-25)21-8-6-5-7-9-21/h5-15,18,20H,4,16-17,19H2,1-3H3,(H,28,29). The quantitative estimate of drug-likeness (QED) is 0.433. The minimum atomic E-state index is -0.0721. The molecule has 0 spiro atoms. The zero-order chi connectivity index (χ0) is 22.1. The smallest absolute Gasteiger partial charge is 0.251 e. The molecule has 31 heavy (non-hydrogen) atoms. The van der Waals surface area contributed by atoms with Crippen LogP contribution in [0.1, 0.15) is 43.1 Å². The zero-order valence-electron chi connectivity index (χ0n) is 18.6. The van der Waals surface area contributed by atoms with E-state index in [9.17, 15) is 4.79 Å². The van der Waals surface area contributed by atoms with E-state index in [1.807, 2.05) is 61.5 Å². The highest BCUT2D eigenvalue weighted by Crippen LogP contribution is 2.25. The molecule has 1 amide bonds. The van der Waals surface area contributed by atoms with Gasteiger partial charge in [-0.05, 0) is 60.7 Å². The number of carbonyl (C=O) groups is 1. The molecule has 0 aliphatic heterocycles. The molecule has 0 aliphatic carbocycles. The van der Waals surface area contributed by atoms with Crippen molar-refractivity contribution >= 4 is 5.91 Å². The molecule has 162 valence electrons. The summed E-state index contributed by atoms with van der Waals surface area (Å²) in [4.78, 5) is 12.5. The number of carbonyl (C=O) groups excluding carboxylic acids is 1. The van der Waals surface area contributed by atoms with E-state index in [0.717, 1.165) is 29.0 Å². The number of benzene rings is 3. The minimum Gasteiger partial charge on any atom is -0.493 e. The Balaban J connectivity index is 1.68. The Morgan fingerprint density at radius 3 is 2.29 bits per heavy atom. The summed E-state index contributed by atoms with van der Waals surface area (Å²) >= 11 is 0. The van der Waals surface area contributed by atoms with Crippen molar-refractivity contribution in [1.82, 2.24) is 5.32 Å². The van der Waals surface area contributed by atoms with Gasteiger partial charge >= 0.3 is 0 Å². The molecule has 0 aliphatic rings. The predicted molar refractivity (Wildman–Crippen MR) is 126 cm³/mol. The van der Waals surface area contributed by atoms with Crippen molar-refractivity contribution < 1.29 is 14.3 Å². The summed E-state index contributed by atoms with van der Waals surface area (Å²) in [6, 6.07) is 23.8. The molecular formula is C27H31NO3. The van der Waals surface area contributed by atoms with Crippen LogP contribution in [0.25, 0.3) is 11.1 Å². The largest absolute Gasteiger partial charge is 0.493 e. The van der Waals surface area contributed by atoms with E-state index in [2.05, 4.69) is 31.3 Å². The second kappa shape index (κ2) is 11.2. The fraction of sp³-hybridized carbons (Fsp3) is 0.296. The van der Waals surface area contributed by atoms with Gasteiger partial charge in [-0.1, -0.05) is 56.3 Å². The molecule has 0 fully saturated rings. The molecule has 0 atom stereocenters. The highest BCUT2D eigenvalue weighted by Gasteiger charge is 2.12. The van der Waals surface area contributed by atoms with E-state index in [1.54, 1.807) is 6.07 Å². The van der Waals surface area contributed by atoms with E-state index in [-0.39, 0.29) is 5.91 Å². The summed E-state index contributed by atoms with van der Waals surface area (Å²) in [6.45, 7) is 7.78. The van der Waals surface area contributed by atoms with E-state index < -0.39 is 0 Å². The van der Waals surface area contributed by atoms with Gasteiger partial charge in [-0.3, -0.25) is 4.79 Å². The van der Waals surface area contributed by atoms with Gasteiger partial charge in [-0.25, -0.2) is 0 Å².